The summed E-state index contributed by atoms with van der Waals surface area (Å²) in [6, 6.07) is 7.47. The highest BCUT2D eigenvalue weighted by molar-refractivity contribution is 5.92. The number of anilines is 1. The monoisotopic (exact) mass is 236 g/mol. The minimum atomic E-state index is 0.103. The summed E-state index contributed by atoms with van der Waals surface area (Å²) in [7, 11) is 3.39. The normalized spacial score (nSPS) is 10.1. The van der Waals surface area contributed by atoms with E-state index >= 15 is 0 Å². The molecule has 0 fully saturated rings. The average Bonchev–Trinajstić information content (AvgIpc) is 2.38. The van der Waals surface area contributed by atoms with Crippen LogP contribution >= 0.6 is 0 Å². The Morgan fingerprint density at radius 3 is 2.82 bits per heavy atom. The van der Waals surface area contributed by atoms with E-state index in [-0.39, 0.29) is 5.91 Å². The van der Waals surface area contributed by atoms with E-state index in [0.717, 1.165) is 24.3 Å². The van der Waals surface area contributed by atoms with Crippen molar-refractivity contribution in [1.82, 2.24) is 0 Å². The van der Waals surface area contributed by atoms with Crippen LogP contribution in [0.15, 0.2) is 24.3 Å². The zero-order valence-electron chi connectivity index (χ0n) is 10.5. The number of nitrogens with zero attached hydrogens (tertiary/aromatic N) is 1. The summed E-state index contributed by atoms with van der Waals surface area (Å²) < 4.78 is 5.13. The Morgan fingerprint density at radius 1 is 1.41 bits per heavy atom. The molecule has 0 bridgehead atoms. The Labute approximate surface area is 102 Å². The van der Waals surface area contributed by atoms with E-state index < -0.39 is 0 Å². The van der Waals surface area contributed by atoms with Crippen molar-refractivity contribution < 1.29 is 9.53 Å². The molecule has 0 spiro atoms. The molecule has 0 atom stereocenters. The highest BCUT2D eigenvalue weighted by Crippen LogP contribution is 2.20. The molecule has 0 unspecified atom stereocenters. The van der Waals surface area contributed by atoms with Gasteiger partial charge in [-0.05, 0) is 31.5 Å². The number of benzene rings is 1. The molecular weight excluding hydrogens is 216 g/mol. The van der Waals surface area contributed by atoms with Gasteiger partial charge in [0.1, 0.15) is 5.75 Å². The first kappa shape index (κ1) is 13.5. The summed E-state index contributed by atoms with van der Waals surface area (Å²) in [6.07, 6.45) is 2.26. The number of hydrogen-bond acceptors (Lipinski definition) is 3. The summed E-state index contributed by atoms with van der Waals surface area (Å²) in [6.45, 7) is 0.635. The Kier molecular flexibility index (Phi) is 5.49. The number of carbonyl (C=O) groups excluding carboxylic acids is 1. The summed E-state index contributed by atoms with van der Waals surface area (Å²) in [5.41, 5.74) is 6.25. The van der Waals surface area contributed by atoms with Gasteiger partial charge < -0.3 is 15.4 Å². The molecule has 1 amide bonds. The molecule has 0 saturated heterocycles. The number of carbonyl (C=O) groups is 1. The molecule has 4 heteroatoms. The van der Waals surface area contributed by atoms with Gasteiger partial charge in [0.25, 0.3) is 0 Å². The van der Waals surface area contributed by atoms with Crippen LogP contribution in [0.4, 0.5) is 5.69 Å². The summed E-state index contributed by atoms with van der Waals surface area (Å²) in [5, 5.41) is 0. The minimum absolute atomic E-state index is 0.103. The third kappa shape index (κ3) is 4.07. The number of amides is 1. The van der Waals surface area contributed by atoms with Crippen LogP contribution < -0.4 is 15.4 Å². The van der Waals surface area contributed by atoms with Crippen LogP contribution in [-0.4, -0.2) is 26.6 Å². The van der Waals surface area contributed by atoms with Crippen LogP contribution in [0.3, 0.4) is 0 Å². The fourth-order valence-electron chi connectivity index (χ4n) is 1.55. The number of methoxy groups -OCH3 is 1. The topological polar surface area (TPSA) is 55.6 Å². The molecule has 0 aliphatic heterocycles. The van der Waals surface area contributed by atoms with Gasteiger partial charge in [-0.15, -0.1) is 0 Å². The van der Waals surface area contributed by atoms with Crippen molar-refractivity contribution in [2.75, 3.05) is 25.6 Å². The SMILES string of the molecule is COc1cccc(N(C)C(=O)CCCCN)c1. The number of hydrogen-bond donors (Lipinski definition) is 1. The fourth-order valence-corrected chi connectivity index (χ4v) is 1.55. The van der Waals surface area contributed by atoms with Gasteiger partial charge in [0.05, 0.1) is 7.11 Å². The molecule has 17 heavy (non-hydrogen) atoms. The molecule has 4 nitrogen and oxygen atoms in total. The van der Waals surface area contributed by atoms with Crippen molar-refractivity contribution in [3.05, 3.63) is 24.3 Å². The maximum absolute atomic E-state index is 11.9. The van der Waals surface area contributed by atoms with Gasteiger partial charge in [-0.25, -0.2) is 0 Å². The van der Waals surface area contributed by atoms with Crippen LogP contribution in [0.1, 0.15) is 19.3 Å². The van der Waals surface area contributed by atoms with Gasteiger partial charge in [-0.2, -0.15) is 0 Å². The number of unbranched alkanes of at least 4 members (excludes halogenated alkanes) is 1. The Morgan fingerprint density at radius 2 is 2.18 bits per heavy atom. The van der Waals surface area contributed by atoms with Crippen molar-refractivity contribution >= 4 is 11.6 Å². The molecule has 0 radical (unpaired) electrons. The van der Waals surface area contributed by atoms with Gasteiger partial charge in [0, 0.05) is 25.2 Å². The lowest BCUT2D eigenvalue weighted by Crippen LogP contribution is -2.25. The lowest BCUT2D eigenvalue weighted by molar-refractivity contribution is -0.118. The lowest BCUT2D eigenvalue weighted by atomic mass is 10.2. The first-order valence-electron chi connectivity index (χ1n) is 5.79. The molecule has 1 rings (SSSR count). The van der Waals surface area contributed by atoms with Gasteiger partial charge in [0.15, 0.2) is 0 Å². The lowest BCUT2D eigenvalue weighted by Gasteiger charge is -2.17. The fraction of sp³-hybridized carbons (Fsp3) is 0.462. The highest BCUT2D eigenvalue weighted by atomic mass is 16.5. The van der Waals surface area contributed by atoms with Crippen molar-refractivity contribution in [3.63, 3.8) is 0 Å². The van der Waals surface area contributed by atoms with E-state index in [0.29, 0.717) is 13.0 Å². The Balaban J connectivity index is 2.61. The van der Waals surface area contributed by atoms with Gasteiger partial charge in [-0.3, -0.25) is 4.79 Å². The minimum Gasteiger partial charge on any atom is -0.497 e. The predicted molar refractivity (Wildman–Crippen MR) is 69.3 cm³/mol. The van der Waals surface area contributed by atoms with Gasteiger partial charge in [-0.1, -0.05) is 6.07 Å². The third-order valence-electron chi connectivity index (χ3n) is 2.66. The standard InChI is InChI=1S/C13H20N2O2/c1-15(13(16)8-3-4-9-14)11-6-5-7-12(10-11)17-2/h5-7,10H,3-4,8-9,14H2,1-2H3. The summed E-state index contributed by atoms with van der Waals surface area (Å²) in [4.78, 5) is 13.5. The van der Waals surface area contributed by atoms with E-state index in [2.05, 4.69) is 0 Å². The molecule has 0 saturated carbocycles. The molecule has 0 aromatic heterocycles. The van der Waals surface area contributed by atoms with E-state index in [4.69, 9.17) is 10.5 Å². The van der Waals surface area contributed by atoms with Crippen molar-refractivity contribution in [1.29, 1.82) is 0 Å². The second-order valence-electron chi connectivity index (χ2n) is 3.90. The van der Waals surface area contributed by atoms with E-state index in [1.165, 1.54) is 0 Å². The Bertz CT molecular complexity index is 366. The number of nitrogens with two attached hydrogens (primary N) is 1. The largest absolute Gasteiger partial charge is 0.497 e. The first-order valence-corrected chi connectivity index (χ1v) is 5.79. The van der Waals surface area contributed by atoms with E-state index in [9.17, 15) is 4.79 Å². The van der Waals surface area contributed by atoms with Crippen molar-refractivity contribution in [2.45, 2.75) is 19.3 Å². The van der Waals surface area contributed by atoms with Gasteiger partial charge >= 0.3 is 0 Å². The van der Waals surface area contributed by atoms with Crippen LogP contribution in [0, 0.1) is 0 Å². The van der Waals surface area contributed by atoms with E-state index in [1.807, 2.05) is 24.3 Å². The van der Waals surface area contributed by atoms with Crippen LogP contribution in [0.5, 0.6) is 5.75 Å². The predicted octanol–water partition coefficient (Wildman–Crippen LogP) is 1.79. The molecule has 2 N–H and O–H groups in total. The van der Waals surface area contributed by atoms with Crippen molar-refractivity contribution in [2.24, 2.45) is 5.73 Å². The summed E-state index contributed by atoms with van der Waals surface area (Å²) >= 11 is 0. The zero-order valence-corrected chi connectivity index (χ0v) is 10.5. The molecular formula is C13H20N2O2. The summed E-state index contributed by atoms with van der Waals surface area (Å²) in [5.74, 6) is 0.857. The third-order valence-corrected chi connectivity index (χ3v) is 2.66. The quantitative estimate of drug-likeness (QED) is 0.766. The van der Waals surface area contributed by atoms with Crippen LogP contribution in [0.25, 0.3) is 0 Å². The van der Waals surface area contributed by atoms with Crippen LogP contribution in [-0.2, 0) is 4.79 Å². The average molecular weight is 236 g/mol. The molecule has 0 heterocycles. The van der Waals surface area contributed by atoms with E-state index in [1.54, 1.807) is 19.1 Å². The highest BCUT2D eigenvalue weighted by Gasteiger charge is 2.10. The molecule has 94 valence electrons. The second-order valence-corrected chi connectivity index (χ2v) is 3.90. The van der Waals surface area contributed by atoms with Crippen LogP contribution in [0.2, 0.25) is 0 Å². The second kappa shape index (κ2) is 6.91. The first-order chi connectivity index (χ1) is 8.19. The number of rotatable bonds is 6. The maximum Gasteiger partial charge on any atom is 0.226 e. The molecule has 0 aliphatic carbocycles. The smallest absolute Gasteiger partial charge is 0.226 e. The molecule has 1 aromatic carbocycles. The Hall–Kier alpha value is -1.55. The zero-order chi connectivity index (χ0) is 12.7. The molecule has 1 aromatic rings. The number of ether oxygens (including phenoxy) is 1. The molecule has 0 aliphatic rings. The van der Waals surface area contributed by atoms with Crippen molar-refractivity contribution in [3.8, 4) is 5.75 Å². The maximum atomic E-state index is 11.9. The van der Waals surface area contributed by atoms with Gasteiger partial charge in [0.2, 0.25) is 5.91 Å².